The van der Waals surface area contributed by atoms with E-state index in [1.165, 1.54) is 64.3 Å². The number of hydrogen-bond donors (Lipinski definition) is 0. The van der Waals surface area contributed by atoms with E-state index < -0.39 is 0 Å². The summed E-state index contributed by atoms with van der Waals surface area (Å²) in [5, 5.41) is 0. The van der Waals surface area contributed by atoms with E-state index in [1.54, 1.807) is 0 Å². The average molecular weight is 298 g/mol. The molecule has 0 heterocycles. The summed E-state index contributed by atoms with van der Waals surface area (Å²) in [4.78, 5) is 2.74. The van der Waals surface area contributed by atoms with Gasteiger partial charge in [-0.15, -0.1) is 0 Å². The Bertz CT molecular complexity index is 202. The quantitative estimate of drug-likeness (QED) is 0.367. The van der Waals surface area contributed by atoms with Crippen LogP contribution in [-0.4, -0.2) is 23.5 Å². The molecule has 0 aliphatic carbocycles. The van der Waals surface area contributed by atoms with Crippen LogP contribution in [0.5, 0.6) is 0 Å². The van der Waals surface area contributed by atoms with Crippen molar-refractivity contribution >= 4 is 0 Å². The van der Waals surface area contributed by atoms with Crippen LogP contribution in [0.3, 0.4) is 0 Å². The van der Waals surface area contributed by atoms with Gasteiger partial charge in [-0.1, -0.05) is 59.3 Å². The molecule has 1 nitrogen and oxygen atoms in total. The molecule has 0 aromatic rings. The highest BCUT2D eigenvalue weighted by Crippen LogP contribution is 2.38. The fraction of sp³-hybridized carbons (Fsp3) is 1.00. The van der Waals surface area contributed by atoms with Gasteiger partial charge in [-0.3, -0.25) is 4.90 Å². The fourth-order valence-corrected chi connectivity index (χ4v) is 3.62. The molecule has 0 amide bonds. The van der Waals surface area contributed by atoms with Gasteiger partial charge in [-0.2, -0.15) is 0 Å². The molecule has 0 N–H and O–H groups in total. The Labute approximate surface area is 135 Å². The van der Waals surface area contributed by atoms with Crippen LogP contribution in [-0.2, 0) is 0 Å². The maximum Gasteiger partial charge on any atom is 0.00434 e. The van der Waals surface area contributed by atoms with E-state index >= 15 is 0 Å². The molecule has 0 atom stereocenters. The van der Waals surface area contributed by atoms with Gasteiger partial charge in [-0.05, 0) is 52.4 Å². The average Bonchev–Trinajstić information content (AvgIpc) is 2.45. The first-order chi connectivity index (χ1) is 9.92. The summed E-state index contributed by atoms with van der Waals surface area (Å²) < 4.78 is 0. The van der Waals surface area contributed by atoms with E-state index in [0.717, 1.165) is 0 Å². The molecule has 0 aliphatic rings. The van der Waals surface area contributed by atoms with Crippen molar-refractivity contribution in [1.29, 1.82) is 0 Å². The maximum absolute atomic E-state index is 2.74. The summed E-state index contributed by atoms with van der Waals surface area (Å²) in [6.45, 7) is 17.8. The molecular formula is C20H43N. The fourth-order valence-electron chi connectivity index (χ4n) is 3.62. The van der Waals surface area contributed by atoms with Crippen LogP contribution < -0.4 is 0 Å². The molecule has 1 heteroatoms. The number of rotatable bonds is 13. The van der Waals surface area contributed by atoms with Crippen molar-refractivity contribution in [2.75, 3.05) is 6.54 Å². The molecule has 0 fully saturated rings. The molecule has 0 saturated carbocycles. The van der Waals surface area contributed by atoms with Gasteiger partial charge in [0.05, 0.1) is 0 Å². The van der Waals surface area contributed by atoms with Crippen LogP contribution >= 0.6 is 0 Å². The number of hydrogen-bond acceptors (Lipinski definition) is 1. The monoisotopic (exact) mass is 297 g/mol. The van der Waals surface area contributed by atoms with Crippen molar-refractivity contribution < 1.29 is 0 Å². The van der Waals surface area contributed by atoms with Crippen molar-refractivity contribution in [3.63, 3.8) is 0 Å². The third-order valence-corrected chi connectivity index (χ3v) is 5.03. The Morgan fingerprint density at radius 1 is 0.667 bits per heavy atom. The number of unbranched alkanes of at least 4 members (excludes halogenated alkanes) is 3. The Morgan fingerprint density at radius 3 is 1.24 bits per heavy atom. The second kappa shape index (κ2) is 11.5. The maximum atomic E-state index is 2.74. The Kier molecular flexibility index (Phi) is 11.5. The Balaban J connectivity index is 5.07. The van der Waals surface area contributed by atoms with Crippen molar-refractivity contribution in [2.24, 2.45) is 5.41 Å². The topological polar surface area (TPSA) is 3.24 Å². The van der Waals surface area contributed by atoms with Crippen LogP contribution in [0.25, 0.3) is 0 Å². The summed E-state index contributed by atoms with van der Waals surface area (Å²) in [6.07, 6.45) is 12.5. The third-order valence-electron chi connectivity index (χ3n) is 5.03. The van der Waals surface area contributed by atoms with Crippen molar-refractivity contribution in [2.45, 2.75) is 118 Å². The lowest BCUT2D eigenvalue weighted by atomic mass is 9.73. The van der Waals surface area contributed by atoms with E-state index in [1.807, 2.05) is 0 Å². The third kappa shape index (κ3) is 8.24. The second-order valence-corrected chi connectivity index (χ2v) is 7.67. The van der Waals surface area contributed by atoms with E-state index in [-0.39, 0.29) is 0 Å². The first-order valence-electron chi connectivity index (χ1n) is 9.68. The van der Waals surface area contributed by atoms with E-state index in [2.05, 4.69) is 53.4 Å². The van der Waals surface area contributed by atoms with Gasteiger partial charge in [-0.25, -0.2) is 0 Å². The summed E-state index contributed by atoms with van der Waals surface area (Å²) >= 11 is 0. The summed E-state index contributed by atoms with van der Waals surface area (Å²) in [7, 11) is 0. The smallest absolute Gasteiger partial charge is 0.00434 e. The SMILES string of the molecule is CCCCC(CCCC)(CCCC)CN(C(C)C)C(C)C. The molecule has 128 valence electrons. The summed E-state index contributed by atoms with van der Waals surface area (Å²) in [5.41, 5.74) is 0.566. The van der Waals surface area contributed by atoms with Crippen LogP contribution in [0.4, 0.5) is 0 Å². The minimum absolute atomic E-state index is 0.566. The van der Waals surface area contributed by atoms with Gasteiger partial charge in [0.25, 0.3) is 0 Å². The predicted molar refractivity (Wildman–Crippen MR) is 98.0 cm³/mol. The molecule has 0 bridgehead atoms. The summed E-state index contributed by atoms with van der Waals surface area (Å²) in [6, 6.07) is 1.32. The number of nitrogens with zero attached hydrogens (tertiary/aromatic N) is 1. The van der Waals surface area contributed by atoms with Crippen molar-refractivity contribution in [3.8, 4) is 0 Å². The molecule has 21 heavy (non-hydrogen) atoms. The molecular weight excluding hydrogens is 254 g/mol. The molecule has 0 spiro atoms. The van der Waals surface area contributed by atoms with E-state index in [4.69, 9.17) is 0 Å². The Hall–Kier alpha value is -0.0400. The standard InChI is InChI=1S/C20H43N/c1-8-11-14-20(15-12-9-2,16-13-10-3)17-21(18(4)5)19(6)7/h18-19H,8-17H2,1-7H3. The van der Waals surface area contributed by atoms with Crippen LogP contribution in [0, 0.1) is 5.41 Å². The lowest BCUT2D eigenvalue weighted by Crippen LogP contribution is -2.45. The highest BCUT2D eigenvalue weighted by molar-refractivity contribution is 4.85. The lowest BCUT2D eigenvalue weighted by Gasteiger charge is -2.42. The first-order valence-corrected chi connectivity index (χ1v) is 9.68. The first kappa shape index (κ1) is 21.0. The van der Waals surface area contributed by atoms with E-state index in [9.17, 15) is 0 Å². The molecule has 0 aromatic heterocycles. The molecule has 0 unspecified atom stereocenters. The van der Waals surface area contributed by atoms with Gasteiger partial charge in [0.1, 0.15) is 0 Å². The highest BCUT2D eigenvalue weighted by atomic mass is 15.2. The minimum Gasteiger partial charge on any atom is -0.298 e. The molecule has 0 aliphatic heterocycles. The largest absolute Gasteiger partial charge is 0.298 e. The van der Waals surface area contributed by atoms with Crippen molar-refractivity contribution in [1.82, 2.24) is 4.90 Å². The zero-order valence-electron chi connectivity index (χ0n) is 16.2. The minimum atomic E-state index is 0.566. The zero-order valence-corrected chi connectivity index (χ0v) is 16.2. The van der Waals surface area contributed by atoms with Crippen molar-refractivity contribution in [3.05, 3.63) is 0 Å². The predicted octanol–water partition coefficient (Wildman–Crippen LogP) is 6.66. The molecule has 0 radical (unpaired) electrons. The van der Waals surface area contributed by atoms with Crippen LogP contribution in [0.2, 0.25) is 0 Å². The van der Waals surface area contributed by atoms with Gasteiger partial charge in [0, 0.05) is 18.6 Å². The van der Waals surface area contributed by atoms with E-state index in [0.29, 0.717) is 17.5 Å². The van der Waals surface area contributed by atoms with Crippen LogP contribution in [0.1, 0.15) is 106 Å². The molecule has 0 saturated heterocycles. The highest BCUT2D eigenvalue weighted by Gasteiger charge is 2.32. The van der Waals surface area contributed by atoms with Gasteiger partial charge < -0.3 is 0 Å². The van der Waals surface area contributed by atoms with Gasteiger partial charge >= 0.3 is 0 Å². The van der Waals surface area contributed by atoms with Crippen LogP contribution in [0.15, 0.2) is 0 Å². The molecule has 0 aromatic carbocycles. The Morgan fingerprint density at radius 2 is 1.00 bits per heavy atom. The lowest BCUT2D eigenvalue weighted by molar-refractivity contribution is 0.0667. The normalized spacial score (nSPS) is 12.9. The zero-order chi connectivity index (χ0) is 16.3. The molecule has 0 rings (SSSR count). The van der Waals surface area contributed by atoms with Gasteiger partial charge in [0.15, 0.2) is 0 Å². The second-order valence-electron chi connectivity index (χ2n) is 7.67. The summed E-state index contributed by atoms with van der Waals surface area (Å²) in [5.74, 6) is 0. The van der Waals surface area contributed by atoms with Gasteiger partial charge in [0.2, 0.25) is 0 Å².